The Morgan fingerprint density at radius 3 is 2.14 bits per heavy atom. The fourth-order valence-corrected chi connectivity index (χ4v) is 0.821. The lowest BCUT2D eigenvalue weighted by Gasteiger charge is -2.05. The number of aryl methyl sites for hydroxylation is 1. The predicted octanol–water partition coefficient (Wildman–Crippen LogP) is 2.71. The van der Waals surface area contributed by atoms with E-state index in [1.807, 2.05) is 0 Å². The van der Waals surface area contributed by atoms with E-state index in [0.29, 0.717) is 5.56 Å². The molecule has 0 unspecified atom stereocenters. The number of carboxylic acid groups (broad SMARTS) is 1. The third-order valence-corrected chi connectivity index (χ3v) is 1.35. The van der Waals surface area contributed by atoms with Crippen LogP contribution in [0.5, 0.6) is 0 Å². The lowest BCUT2D eigenvalue weighted by molar-refractivity contribution is -0.137. The van der Waals surface area contributed by atoms with E-state index in [-0.39, 0.29) is 6.47 Å². The molecule has 0 aliphatic heterocycles. The highest BCUT2D eigenvalue weighted by atomic mass is 19.4. The standard InChI is InChI=1S/C8H7F3.CH2O2/c1-6-3-2-4-7(5-6)8(9,10)11;2-1-3/h2-5H,1H3;1H,(H,2,3). The third kappa shape index (κ3) is 4.49. The number of hydrogen-bond donors (Lipinski definition) is 1. The average molecular weight is 206 g/mol. The molecule has 0 aromatic heterocycles. The second-order valence-electron chi connectivity index (χ2n) is 2.47. The molecule has 0 atom stereocenters. The monoisotopic (exact) mass is 206 g/mol. The van der Waals surface area contributed by atoms with Gasteiger partial charge in [0.05, 0.1) is 5.56 Å². The maximum Gasteiger partial charge on any atom is 0.416 e. The van der Waals surface area contributed by atoms with Crippen molar-refractivity contribution in [3.05, 3.63) is 35.4 Å². The van der Waals surface area contributed by atoms with Gasteiger partial charge in [0.2, 0.25) is 0 Å². The minimum absolute atomic E-state index is 0.250. The second kappa shape index (κ2) is 5.26. The van der Waals surface area contributed by atoms with Crippen LogP contribution in [0.2, 0.25) is 0 Å². The third-order valence-electron chi connectivity index (χ3n) is 1.35. The Morgan fingerprint density at radius 2 is 1.86 bits per heavy atom. The molecule has 0 saturated heterocycles. The van der Waals surface area contributed by atoms with Gasteiger partial charge in [-0.15, -0.1) is 0 Å². The average Bonchev–Trinajstić information content (AvgIpc) is 2.04. The molecule has 0 heterocycles. The summed E-state index contributed by atoms with van der Waals surface area (Å²) in [4.78, 5) is 8.36. The largest absolute Gasteiger partial charge is 0.483 e. The highest BCUT2D eigenvalue weighted by molar-refractivity contribution is 5.32. The van der Waals surface area contributed by atoms with Crippen LogP contribution < -0.4 is 0 Å². The molecular formula is C9H9F3O2. The number of hydrogen-bond acceptors (Lipinski definition) is 1. The van der Waals surface area contributed by atoms with Gasteiger partial charge in [0.1, 0.15) is 0 Å². The van der Waals surface area contributed by atoms with E-state index in [1.165, 1.54) is 6.07 Å². The number of alkyl halides is 3. The molecule has 0 amide bonds. The Balaban J connectivity index is 0.000000500. The van der Waals surface area contributed by atoms with E-state index in [0.717, 1.165) is 12.1 Å². The van der Waals surface area contributed by atoms with Crippen LogP contribution in [0, 0.1) is 6.92 Å². The Morgan fingerprint density at radius 1 is 1.36 bits per heavy atom. The maximum atomic E-state index is 12.0. The summed E-state index contributed by atoms with van der Waals surface area (Å²) >= 11 is 0. The van der Waals surface area contributed by atoms with Gasteiger partial charge in [0, 0.05) is 0 Å². The molecule has 0 bridgehead atoms. The summed E-state index contributed by atoms with van der Waals surface area (Å²) in [5.41, 5.74) is 0.0392. The van der Waals surface area contributed by atoms with Crippen molar-refractivity contribution in [2.75, 3.05) is 0 Å². The van der Waals surface area contributed by atoms with Gasteiger partial charge < -0.3 is 5.11 Å². The Kier molecular flexibility index (Phi) is 4.69. The molecule has 5 heteroatoms. The van der Waals surface area contributed by atoms with E-state index in [2.05, 4.69) is 0 Å². The van der Waals surface area contributed by atoms with Crippen LogP contribution in [0.25, 0.3) is 0 Å². The number of benzene rings is 1. The van der Waals surface area contributed by atoms with Crippen molar-refractivity contribution in [3.63, 3.8) is 0 Å². The van der Waals surface area contributed by atoms with Crippen molar-refractivity contribution in [1.82, 2.24) is 0 Å². The maximum absolute atomic E-state index is 12.0. The fourth-order valence-electron chi connectivity index (χ4n) is 0.821. The zero-order valence-corrected chi connectivity index (χ0v) is 7.38. The molecule has 0 saturated carbocycles. The van der Waals surface area contributed by atoms with E-state index < -0.39 is 11.7 Å². The molecule has 78 valence electrons. The first-order chi connectivity index (χ1) is 6.41. The smallest absolute Gasteiger partial charge is 0.416 e. The van der Waals surface area contributed by atoms with Gasteiger partial charge in [0.15, 0.2) is 0 Å². The van der Waals surface area contributed by atoms with Crippen LogP contribution in [0.1, 0.15) is 11.1 Å². The van der Waals surface area contributed by atoms with Crippen LogP contribution in [0.15, 0.2) is 24.3 Å². The fraction of sp³-hybridized carbons (Fsp3) is 0.222. The van der Waals surface area contributed by atoms with Crippen LogP contribution >= 0.6 is 0 Å². The molecule has 0 aliphatic carbocycles. The SMILES string of the molecule is Cc1cccc(C(F)(F)F)c1.O=CO. The van der Waals surface area contributed by atoms with Crippen LogP contribution in [0.4, 0.5) is 13.2 Å². The van der Waals surface area contributed by atoms with Crippen LogP contribution in [-0.4, -0.2) is 11.6 Å². The van der Waals surface area contributed by atoms with E-state index in [9.17, 15) is 13.2 Å². The lowest BCUT2D eigenvalue weighted by atomic mass is 10.1. The number of halogens is 3. The van der Waals surface area contributed by atoms with Crippen molar-refractivity contribution >= 4 is 6.47 Å². The predicted molar refractivity (Wildman–Crippen MR) is 44.9 cm³/mol. The summed E-state index contributed by atoms with van der Waals surface area (Å²) in [6.45, 7) is 1.38. The molecule has 0 fully saturated rings. The zero-order chi connectivity index (χ0) is 11.2. The number of carbonyl (C=O) groups is 1. The Bertz CT molecular complexity index is 294. The first-order valence-electron chi connectivity index (χ1n) is 3.63. The molecule has 2 nitrogen and oxygen atoms in total. The van der Waals surface area contributed by atoms with Crippen molar-refractivity contribution < 1.29 is 23.1 Å². The lowest BCUT2D eigenvalue weighted by Crippen LogP contribution is -2.04. The van der Waals surface area contributed by atoms with Gasteiger partial charge in [-0.2, -0.15) is 13.2 Å². The molecule has 0 spiro atoms. The minimum Gasteiger partial charge on any atom is -0.483 e. The highest BCUT2D eigenvalue weighted by Crippen LogP contribution is 2.29. The van der Waals surface area contributed by atoms with Gasteiger partial charge in [-0.1, -0.05) is 23.8 Å². The van der Waals surface area contributed by atoms with Crippen molar-refractivity contribution in [3.8, 4) is 0 Å². The van der Waals surface area contributed by atoms with Crippen molar-refractivity contribution in [2.24, 2.45) is 0 Å². The summed E-state index contributed by atoms with van der Waals surface area (Å²) in [5.74, 6) is 0. The van der Waals surface area contributed by atoms with Crippen LogP contribution in [-0.2, 0) is 11.0 Å². The molecule has 0 radical (unpaired) electrons. The summed E-state index contributed by atoms with van der Waals surface area (Å²) in [7, 11) is 0. The minimum atomic E-state index is -4.22. The summed E-state index contributed by atoms with van der Waals surface area (Å²) in [6, 6.07) is 5.22. The summed E-state index contributed by atoms with van der Waals surface area (Å²) < 4.78 is 35.9. The van der Waals surface area contributed by atoms with Crippen molar-refractivity contribution in [2.45, 2.75) is 13.1 Å². The zero-order valence-electron chi connectivity index (χ0n) is 7.38. The van der Waals surface area contributed by atoms with Gasteiger partial charge in [-0.25, -0.2) is 0 Å². The topological polar surface area (TPSA) is 37.3 Å². The Hall–Kier alpha value is -1.52. The normalized spacial score (nSPS) is 10.0. The van der Waals surface area contributed by atoms with E-state index in [4.69, 9.17) is 9.90 Å². The summed E-state index contributed by atoms with van der Waals surface area (Å²) in [6.07, 6.45) is -4.22. The van der Waals surface area contributed by atoms with Gasteiger partial charge >= 0.3 is 6.18 Å². The van der Waals surface area contributed by atoms with E-state index >= 15 is 0 Å². The molecule has 1 aromatic rings. The second-order valence-corrected chi connectivity index (χ2v) is 2.47. The summed E-state index contributed by atoms with van der Waals surface area (Å²) in [5, 5.41) is 6.89. The molecule has 1 aromatic carbocycles. The molecular weight excluding hydrogens is 197 g/mol. The van der Waals surface area contributed by atoms with Gasteiger partial charge in [-0.05, 0) is 13.0 Å². The first-order valence-corrected chi connectivity index (χ1v) is 3.63. The quantitative estimate of drug-likeness (QED) is 0.662. The number of rotatable bonds is 0. The van der Waals surface area contributed by atoms with E-state index in [1.54, 1.807) is 13.0 Å². The van der Waals surface area contributed by atoms with Crippen molar-refractivity contribution in [1.29, 1.82) is 0 Å². The molecule has 1 N–H and O–H groups in total. The molecule has 1 rings (SSSR count). The first kappa shape index (κ1) is 12.5. The van der Waals surface area contributed by atoms with Gasteiger partial charge in [0.25, 0.3) is 6.47 Å². The van der Waals surface area contributed by atoms with Gasteiger partial charge in [-0.3, -0.25) is 4.79 Å². The molecule has 0 aliphatic rings. The Labute approximate surface area is 79.0 Å². The highest BCUT2D eigenvalue weighted by Gasteiger charge is 2.29. The molecule has 14 heavy (non-hydrogen) atoms. The van der Waals surface area contributed by atoms with Crippen LogP contribution in [0.3, 0.4) is 0 Å².